The first kappa shape index (κ1) is 15.5. The summed E-state index contributed by atoms with van der Waals surface area (Å²) in [6.07, 6.45) is 10.8. The molecule has 0 radical (unpaired) electrons. The first-order valence-electron chi connectivity index (χ1n) is 9.04. The summed E-state index contributed by atoms with van der Waals surface area (Å²) < 4.78 is 0. The van der Waals surface area contributed by atoms with Crippen LogP contribution in [0.5, 0.6) is 0 Å². The van der Waals surface area contributed by atoms with E-state index in [0.29, 0.717) is 12.1 Å². The minimum absolute atomic E-state index is 0.617. The smallest absolute Gasteiger partial charge is 0.166 e. The molecule has 4 atom stereocenters. The van der Waals surface area contributed by atoms with Crippen LogP contribution in [0.25, 0.3) is 0 Å². The minimum Gasteiger partial charge on any atom is -0.361 e. The van der Waals surface area contributed by atoms with E-state index < -0.39 is 0 Å². The summed E-state index contributed by atoms with van der Waals surface area (Å²) in [4.78, 5) is 2.70. The molecule has 1 unspecified atom stereocenters. The van der Waals surface area contributed by atoms with Crippen molar-refractivity contribution in [2.75, 3.05) is 19.6 Å². The molecule has 2 N–H and O–H groups in total. The van der Waals surface area contributed by atoms with Gasteiger partial charge in [-0.3, -0.25) is 4.90 Å². The first-order chi connectivity index (χ1) is 10.3. The summed E-state index contributed by atoms with van der Waals surface area (Å²) in [5.41, 5.74) is 0. The molecule has 0 aromatic heterocycles. The Kier molecular flexibility index (Phi) is 5.38. The van der Waals surface area contributed by atoms with E-state index in [1.165, 1.54) is 64.5 Å². The van der Waals surface area contributed by atoms with Gasteiger partial charge in [0.15, 0.2) is 5.11 Å². The molecule has 2 bridgehead atoms. The molecule has 3 heterocycles. The van der Waals surface area contributed by atoms with E-state index in [9.17, 15) is 0 Å². The predicted molar refractivity (Wildman–Crippen MR) is 92.5 cm³/mol. The molecule has 120 valence electrons. The quantitative estimate of drug-likeness (QED) is 0.781. The number of rotatable bonds is 4. The van der Waals surface area contributed by atoms with Gasteiger partial charge >= 0.3 is 0 Å². The fraction of sp³-hybridized carbons (Fsp3) is 0.941. The van der Waals surface area contributed by atoms with E-state index in [4.69, 9.17) is 12.2 Å². The Morgan fingerprint density at radius 2 is 2.00 bits per heavy atom. The Balaban J connectivity index is 1.40. The maximum absolute atomic E-state index is 5.49. The number of hydrogen-bond donors (Lipinski definition) is 2. The molecular weight excluding hydrogens is 278 g/mol. The van der Waals surface area contributed by atoms with Crippen LogP contribution in [0.4, 0.5) is 0 Å². The SMILES string of the molecule is CC[C@H]1CN2CC[C@H]1C[C@@H]2CNC(=S)NC1CCCCC1. The summed E-state index contributed by atoms with van der Waals surface area (Å²) in [6, 6.07) is 1.32. The van der Waals surface area contributed by atoms with Gasteiger partial charge in [-0.25, -0.2) is 0 Å². The Morgan fingerprint density at radius 3 is 2.67 bits per heavy atom. The van der Waals surface area contributed by atoms with E-state index in [0.717, 1.165) is 23.5 Å². The van der Waals surface area contributed by atoms with Gasteiger partial charge < -0.3 is 10.6 Å². The van der Waals surface area contributed by atoms with Crippen LogP contribution in [0.2, 0.25) is 0 Å². The van der Waals surface area contributed by atoms with Crippen LogP contribution >= 0.6 is 12.2 Å². The third-order valence-corrected chi connectivity index (χ3v) is 6.24. The van der Waals surface area contributed by atoms with Crippen molar-refractivity contribution in [3.8, 4) is 0 Å². The standard InChI is InChI=1S/C17H31N3S/c1-2-13-12-20-9-8-14(13)10-16(20)11-18-17(21)19-15-6-4-3-5-7-15/h13-16H,2-12H2,1H3,(H2,18,19,21)/t13-,14-,16+/m0/s1. The fourth-order valence-corrected chi connectivity index (χ4v) is 4.87. The fourth-order valence-electron chi connectivity index (χ4n) is 4.62. The van der Waals surface area contributed by atoms with Crippen molar-refractivity contribution in [2.24, 2.45) is 11.8 Å². The van der Waals surface area contributed by atoms with Gasteiger partial charge in [-0.15, -0.1) is 0 Å². The lowest BCUT2D eigenvalue weighted by molar-refractivity contribution is 0.00203. The lowest BCUT2D eigenvalue weighted by atomic mass is 9.74. The Morgan fingerprint density at radius 1 is 1.19 bits per heavy atom. The average molecular weight is 310 g/mol. The average Bonchev–Trinajstić information content (AvgIpc) is 2.54. The monoisotopic (exact) mass is 309 g/mol. The van der Waals surface area contributed by atoms with Gasteiger partial charge in [0.25, 0.3) is 0 Å². The third kappa shape index (κ3) is 3.89. The molecule has 0 amide bonds. The van der Waals surface area contributed by atoms with Gasteiger partial charge in [-0.05, 0) is 56.3 Å². The largest absolute Gasteiger partial charge is 0.361 e. The summed E-state index contributed by atoms with van der Waals surface area (Å²) >= 11 is 5.49. The van der Waals surface area contributed by atoms with Gasteiger partial charge in [0.2, 0.25) is 0 Å². The van der Waals surface area contributed by atoms with Gasteiger partial charge in [0, 0.05) is 25.2 Å². The molecule has 4 fully saturated rings. The van der Waals surface area contributed by atoms with Crippen LogP contribution in [-0.2, 0) is 0 Å². The maximum Gasteiger partial charge on any atom is 0.166 e. The van der Waals surface area contributed by atoms with Crippen molar-refractivity contribution in [2.45, 2.75) is 70.4 Å². The van der Waals surface area contributed by atoms with Gasteiger partial charge in [0.1, 0.15) is 0 Å². The number of nitrogens with one attached hydrogen (secondary N) is 2. The van der Waals surface area contributed by atoms with Gasteiger partial charge in [-0.1, -0.05) is 32.6 Å². The number of piperidine rings is 3. The van der Waals surface area contributed by atoms with Crippen molar-refractivity contribution < 1.29 is 0 Å². The van der Waals surface area contributed by atoms with Crippen LogP contribution in [0.1, 0.15) is 58.3 Å². The zero-order chi connectivity index (χ0) is 14.7. The van der Waals surface area contributed by atoms with Crippen LogP contribution in [0, 0.1) is 11.8 Å². The molecule has 3 nitrogen and oxygen atoms in total. The molecule has 4 rings (SSSR count). The van der Waals surface area contributed by atoms with E-state index in [-0.39, 0.29) is 0 Å². The second-order valence-electron chi connectivity index (χ2n) is 7.29. The highest BCUT2D eigenvalue weighted by Crippen LogP contribution is 2.37. The molecule has 3 saturated heterocycles. The highest BCUT2D eigenvalue weighted by Gasteiger charge is 2.38. The van der Waals surface area contributed by atoms with E-state index in [2.05, 4.69) is 22.5 Å². The predicted octanol–water partition coefficient (Wildman–Crippen LogP) is 2.90. The maximum atomic E-state index is 5.49. The van der Waals surface area contributed by atoms with E-state index in [1.54, 1.807) is 0 Å². The third-order valence-electron chi connectivity index (χ3n) is 5.98. The molecule has 1 aliphatic carbocycles. The molecule has 4 heteroatoms. The number of hydrogen-bond acceptors (Lipinski definition) is 2. The Labute approximate surface area is 135 Å². The topological polar surface area (TPSA) is 27.3 Å². The lowest BCUT2D eigenvalue weighted by Crippen LogP contribution is -2.57. The number of fused-ring (bicyclic) bond motifs is 3. The molecule has 3 aliphatic heterocycles. The van der Waals surface area contributed by atoms with Crippen molar-refractivity contribution in [1.29, 1.82) is 0 Å². The molecule has 4 aliphatic rings. The van der Waals surface area contributed by atoms with Crippen LogP contribution in [0.15, 0.2) is 0 Å². The molecule has 0 aromatic carbocycles. The molecule has 1 saturated carbocycles. The Hall–Kier alpha value is -0.350. The zero-order valence-corrected chi connectivity index (χ0v) is 14.3. The van der Waals surface area contributed by atoms with Gasteiger partial charge in [-0.2, -0.15) is 0 Å². The summed E-state index contributed by atoms with van der Waals surface area (Å²) in [5.74, 6) is 1.91. The normalized spacial score (nSPS) is 36.4. The first-order valence-corrected chi connectivity index (χ1v) is 9.45. The highest BCUT2D eigenvalue weighted by molar-refractivity contribution is 7.80. The van der Waals surface area contributed by atoms with E-state index in [1.807, 2.05) is 0 Å². The zero-order valence-electron chi connectivity index (χ0n) is 13.4. The second kappa shape index (κ2) is 7.28. The molecular formula is C17H31N3S. The minimum atomic E-state index is 0.617. The highest BCUT2D eigenvalue weighted by atomic mass is 32.1. The number of nitrogens with zero attached hydrogens (tertiary/aromatic N) is 1. The molecule has 0 aromatic rings. The summed E-state index contributed by atoms with van der Waals surface area (Å²) in [6.45, 7) is 6.00. The Bertz CT molecular complexity index is 354. The van der Waals surface area contributed by atoms with Crippen molar-refractivity contribution >= 4 is 17.3 Å². The van der Waals surface area contributed by atoms with Gasteiger partial charge in [0.05, 0.1) is 0 Å². The van der Waals surface area contributed by atoms with E-state index >= 15 is 0 Å². The summed E-state index contributed by atoms with van der Waals surface area (Å²) in [5, 5.41) is 7.91. The summed E-state index contributed by atoms with van der Waals surface area (Å²) in [7, 11) is 0. The van der Waals surface area contributed by atoms with Crippen molar-refractivity contribution in [3.05, 3.63) is 0 Å². The van der Waals surface area contributed by atoms with Crippen molar-refractivity contribution in [3.63, 3.8) is 0 Å². The van der Waals surface area contributed by atoms with Crippen LogP contribution in [-0.4, -0.2) is 41.7 Å². The second-order valence-corrected chi connectivity index (χ2v) is 7.70. The molecule has 0 spiro atoms. The van der Waals surface area contributed by atoms with Crippen LogP contribution < -0.4 is 10.6 Å². The lowest BCUT2D eigenvalue weighted by Gasteiger charge is -2.50. The van der Waals surface area contributed by atoms with Crippen molar-refractivity contribution in [1.82, 2.24) is 15.5 Å². The number of thiocarbonyl (C=S) groups is 1. The molecule has 21 heavy (non-hydrogen) atoms. The van der Waals surface area contributed by atoms with Crippen LogP contribution in [0.3, 0.4) is 0 Å².